The Hall–Kier alpha value is -3.25. The molecule has 2 aromatic carbocycles. The van der Waals surface area contributed by atoms with Crippen molar-refractivity contribution in [1.82, 2.24) is 0 Å². The Bertz CT molecular complexity index is 1550. The molecule has 6 rings (SSSR count). The van der Waals surface area contributed by atoms with Gasteiger partial charge in [0, 0.05) is 23.0 Å². The van der Waals surface area contributed by atoms with Crippen LogP contribution in [0.15, 0.2) is 42.0 Å². The molecule has 2 aliphatic carbocycles. The number of unbranched alkanes of at least 4 members (excludes halogenated alkanes) is 3. The number of aliphatic hydroxyl groups is 1. The molecule has 1 saturated carbocycles. The zero-order valence-electron chi connectivity index (χ0n) is 29.7. The number of Topliss-reactive ketones (excluding diaryl/α,β-unsaturated/α-hetero) is 1. The summed E-state index contributed by atoms with van der Waals surface area (Å²) in [5.41, 5.74) is 5.13. The second kappa shape index (κ2) is 13.7. The van der Waals surface area contributed by atoms with Crippen molar-refractivity contribution in [2.24, 2.45) is 11.8 Å². The molecule has 1 fully saturated rings. The molecule has 0 spiro atoms. The van der Waals surface area contributed by atoms with Gasteiger partial charge in [-0.25, -0.2) is 0 Å². The molecule has 6 heteroatoms. The highest BCUT2D eigenvalue weighted by atomic mass is 16.5. The van der Waals surface area contributed by atoms with Gasteiger partial charge in [0.15, 0.2) is 5.78 Å². The molecule has 5 atom stereocenters. The fourth-order valence-corrected chi connectivity index (χ4v) is 8.17. The van der Waals surface area contributed by atoms with E-state index in [1.807, 2.05) is 46.8 Å². The normalized spacial score (nSPS) is 26.9. The topological polar surface area (TPSA) is 96.2 Å². The Morgan fingerprint density at radius 2 is 1.57 bits per heavy atom. The minimum atomic E-state index is -0.871. The molecule has 2 aliphatic heterocycles. The van der Waals surface area contributed by atoms with Crippen molar-refractivity contribution >= 4 is 11.4 Å². The molecular formula is C41H56O6. The van der Waals surface area contributed by atoms with Crippen LogP contribution in [-0.4, -0.2) is 38.4 Å². The summed E-state index contributed by atoms with van der Waals surface area (Å²) in [6.45, 7) is 18.4. The maximum absolute atomic E-state index is 12.8. The van der Waals surface area contributed by atoms with Gasteiger partial charge in [-0.2, -0.15) is 0 Å². The molecule has 6 nitrogen and oxygen atoms in total. The van der Waals surface area contributed by atoms with Crippen LogP contribution in [0.1, 0.15) is 134 Å². The quantitative estimate of drug-likeness (QED) is 0.196. The number of benzene rings is 2. The fourth-order valence-electron chi connectivity index (χ4n) is 8.17. The van der Waals surface area contributed by atoms with Crippen LogP contribution in [0.5, 0.6) is 23.0 Å². The van der Waals surface area contributed by atoms with Crippen LogP contribution in [-0.2, 0) is 17.6 Å². The van der Waals surface area contributed by atoms with Crippen LogP contribution in [0.4, 0.5) is 0 Å². The zero-order chi connectivity index (χ0) is 34.3. The van der Waals surface area contributed by atoms with E-state index in [-0.39, 0.29) is 35.4 Å². The molecular weight excluding hydrogens is 588 g/mol. The average molecular weight is 645 g/mol. The highest BCUT2D eigenvalue weighted by Crippen LogP contribution is 2.56. The van der Waals surface area contributed by atoms with E-state index in [1.54, 1.807) is 6.07 Å². The van der Waals surface area contributed by atoms with Crippen molar-refractivity contribution in [2.45, 2.75) is 142 Å². The summed E-state index contributed by atoms with van der Waals surface area (Å²) in [5, 5.41) is 32.1. The second-order valence-electron chi connectivity index (χ2n) is 15.3. The molecule has 0 aromatic heterocycles. The first kappa shape index (κ1) is 35.1. The van der Waals surface area contributed by atoms with E-state index in [0.29, 0.717) is 29.1 Å². The summed E-state index contributed by atoms with van der Waals surface area (Å²) in [7, 11) is 0. The van der Waals surface area contributed by atoms with Crippen LogP contribution in [0, 0.1) is 11.8 Å². The largest absolute Gasteiger partial charge is 0.508 e. The molecule has 1 unspecified atom stereocenters. The van der Waals surface area contributed by atoms with Crippen molar-refractivity contribution in [1.29, 1.82) is 0 Å². The number of carbonyl (C=O) groups is 1. The molecule has 47 heavy (non-hydrogen) atoms. The average Bonchev–Trinajstić information content (AvgIpc) is 3.39. The van der Waals surface area contributed by atoms with Crippen molar-refractivity contribution in [3.63, 3.8) is 0 Å². The first-order chi connectivity index (χ1) is 22.2. The first-order valence-corrected chi connectivity index (χ1v) is 17.9. The Labute approximate surface area is 281 Å². The molecule has 2 heterocycles. The number of aromatic hydroxyl groups is 2. The van der Waals surface area contributed by atoms with Gasteiger partial charge in [-0.15, -0.1) is 0 Å². The summed E-state index contributed by atoms with van der Waals surface area (Å²) in [6.07, 6.45) is 10.5. The Morgan fingerprint density at radius 3 is 2.23 bits per heavy atom. The van der Waals surface area contributed by atoms with E-state index in [1.165, 1.54) is 12.8 Å². The Kier molecular flexibility index (Phi) is 10.2. The Balaban J connectivity index is 0.000000185. The van der Waals surface area contributed by atoms with Gasteiger partial charge in [0.05, 0.1) is 11.2 Å². The highest BCUT2D eigenvalue weighted by molar-refractivity contribution is 6.25. The molecule has 0 amide bonds. The molecule has 256 valence electrons. The lowest BCUT2D eigenvalue weighted by Gasteiger charge is -2.42. The molecule has 3 N–H and O–H groups in total. The van der Waals surface area contributed by atoms with Crippen LogP contribution < -0.4 is 9.47 Å². The number of aryl methyl sites for hydroxylation is 2. The lowest BCUT2D eigenvalue weighted by atomic mass is 9.66. The van der Waals surface area contributed by atoms with Crippen LogP contribution in [0.2, 0.25) is 0 Å². The van der Waals surface area contributed by atoms with Gasteiger partial charge < -0.3 is 24.8 Å². The molecule has 0 saturated heterocycles. The number of ketones is 1. The summed E-state index contributed by atoms with van der Waals surface area (Å²) < 4.78 is 12.4. The van der Waals surface area contributed by atoms with Crippen LogP contribution in [0.3, 0.4) is 0 Å². The van der Waals surface area contributed by atoms with Gasteiger partial charge in [0.25, 0.3) is 0 Å². The minimum absolute atomic E-state index is 0.00839. The van der Waals surface area contributed by atoms with E-state index in [0.717, 1.165) is 85.0 Å². The summed E-state index contributed by atoms with van der Waals surface area (Å²) in [6, 6.07) is 7.75. The summed E-state index contributed by atoms with van der Waals surface area (Å²) in [4.78, 5) is 12.8. The van der Waals surface area contributed by atoms with Gasteiger partial charge in [-0.3, -0.25) is 4.79 Å². The number of rotatable bonds is 8. The minimum Gasteiger partial charge on any atom is -0.508 e. The lowest BCUT2D eigenvalue weighted by molar-refractivity contribution is -0.117. The predicted octanol–water partition coefficient (Wildman–Crippen LogP) is 9.37. The molecule has 2 aromatic rings. The third-order valence-corrected chi connectivity index (χ3v) is 10.9. The van der Waals surface area contributed by atoms with Gasteiger partial charge >= 0.3 is 0 Å². The standard InChI is InChI=1S/C21H30O3.C20H26O3/c1-5-6-7-8-14-11-16(22)19-17(12-14)24-20-18(19)15(13(2)3)9-10-21(20,4)23;1-5-6-7-13-10-15(21)18-16(11-13)23-20(3,4)14-9-8-12(2)19(22)17(14)18/h11-12,15,18,20,22-23H,2,5-10H2,1,3-4H3;10-12,21H,5-9H2,1-4H3/t15-,18+,20-,21-;/m0./s1. The lowest BCUT2D eigenvalue weighted by Crippen LogP contribution is -2.50. The summed E-state index contributed by atoms with van der Waals surface area (Å²) >= 11 is 0. The first-order valence-electron chi connectivity index (χ1n) is 17.9. The molecule has 0 radical (unpaired) electrons. The number of phenolic OH excluding ortho intramolecular Hbond substituents is 2. The van der Waals surface area contributed by atoms with Crippen molar-refractivity contribution in [3.05, 3.63) is 64.2 Å². The van der Waals surface area contributed by atoms with Gasteiger partial charge in [-0.1, -0.05) is 52.2 Å². The number of phenols is 2. The number of carbonyl (C=O) groups excluding carboxylic acids is 1. The SMILES string of the molecule is C=C(C)[C@@H]1CC[C@](C)(O)[C@H]2Oc3cc(CCCCC)cc(O)c3[C@@H]12.CCCCc1cc(O)c2c(c1)OC(C)(C)C1=C2C(=O)C(C)CC1. The van der Waals surface area contributed by atoms with E-state index >= 15 is 0 Å². The van der Waals surface area contributed by atoms with Crippen LogP contribution in [0.25, 0.3) is 5.57 Å². The third kappa shape index (κ3) is 6.86. The van der Waals surface area contributed by atoms with Crippen LogP contribution >= 0.6 is 0 Å². The maximum atomic E-state index is 12.8. The van der Waals surface area contributed by atoms with E-state index in [4.69, 9.17) is 9.47 Å². The maximum Gasteiger partial charge on any atom is 0.166 e. The predicted molar refractivity (Wildman–Crippen MR) is 188 cm³/mol. The van der Waals surface area contributed by atoms with E-state index in [2.05, 4.69) is 26.5 Å². The van der Waals surface area contributed by atoms with Crippen molar-refractivity contribution in [3.8, 4) is 23.0 Å². The molecule has 0 bridgehead atoms. The number of ether oxygens (including phenoxy) is 2. The number of allylic oxidation sites excluding steroid dienone is 2. The zero-order valence-corrected chi connectivity index (χ0v) is 29.7. The number of fused-ring (bicyclic) bond motifs is 5. The number of hydrogen-bond donors (Lipinski definition) is 3. The summed E-state index contributed by atoms with van der Waals surface area (Å²) in [5.74, 6) is 2.29. The Morgan fingerprint density at radius 1 is 0.936 bits per heavy atom. The van der Waals surface area contributed by atoms with Gasteiger partial charge in [0.1, 0.15) is 34.7 Å². The van der Waals surface area contributed by atoms with Gasteiger partial charge in [0.2, 0.25) is 0 Å². The number of hydrogen-bond acceptors (Lipinski definition) is 6. The second-order valence-corrected chi connectivity index (χ2v) is 15.3. The monoisotopic (exact) mass is 644 g/mol. The van der Waals surface area contributed by atoms with Crippen molar-refractivity contribution in [2.75, 3.05) is 0 Å². The fraction of sp³-hybridized carbons (Fsp3) is 0.585. The third-order valence-electron chi connectivity index (χ3n) is 10.9. The molecule has 4 aliphatic rings. The van der Waals surface area contributed by atoms with E-state index < -0.39 is 11.2 Å². The van der Waals surface area contributed by atoms with Crippen molar-refractivity contribution < 1.29 is 29.6 Å². The highest BCUT2D eigenvalue weighted by Gasteiger charge is 2.53. The smallest absolute Gasteiger partial charge is 0.166 e. The van der Waals surface area contributed by atoms with E-state index in [9.17, 15) is 20.1 Å². The van der Waals surface area contributed by atoms with Gasteiger partial charge in [-0.05, 0) is 126 Å².